The second-order valence-corrected chi connectivity index (χ2v) is 8.73. The predicted octanol–water partition coefficient (Wildman–Crippen LogP) is 4.58. The molecule has 0 unspecified atom stereocenters. The second kappa shape index (κ2) is 10.1. The molecule has 0 atom stereocenters. The van der Waals surface area contributed by atoms with Gasteiger partial charge < -0.3 is 9.47 Å². The average Bonchev–Trinajstić information content (AvgIpc) is 2.79. The number of aryl methyl sites for hydroxylation is 1. The van der Waals surface area contributed by atoms with Crippen LogP contribution in [0.15, 0.2) is 83.8 Å². The minimum Gasteiger partial charge on any atom is -0.497 e. The SMILES string of the molecule is COc1ccc(OCCCC(=O)N(c2ccc(C)cc2)S(=O)(=O)c2ccccc2)cc1. The summed E-state index contributed by atoms with van der Waals surface area (Å²) < 4.78 is 38.1. The van der Waals surface area contributed by atoms with Crippen LogP contribution in [0.3, 0.4) is 0 Å². The fourth-order valence-corrected chi connectivity index (χ4v) is 4.45. The van der Waals surface area contributed by atoms with Gasteiger partial charge in [0.15, 0.2) is 0 Å². The van der Waals surface area contributed by atoms with Gasteiger partial charge in [-0.3, -0.25) is 4.79 Å². The summed E-state index contributed by atoms with van der Waals surface area (Å²) in [6.45, 7) is 2.18. The van der Waals surface area contributed by atoms with E-state index in [1.165, 1.54) is 12.1 Å². The maximum atomic E-state index is 13.2. The number of methoxy groups -OCH3 is 1. The number of hydrogen-bond donors (Lipinski definition) is 0. The lowest BCUT2D eigenvalue weighted by Crippen LogP contribution is -2.37. The Balaban J connectivity index is 1.72. The van der Waals surface area contributed by atoms with Crippen LogP contribution in [0.1, 0.15) is 18.4 Å². The summed E-state index contributed by atoms with van der Waals surface area (Å²) in [7, 11) is -2.45. The van der Waals surface area contributed by atoms with Crippen molar-refractivity contribution in [2.45, 2.75) is 24.7 Å². The van der Waals surface area contributed by atoms with E-state index >= 15 is 0 Å². The standard InChI is InChI=1S/C24H25NO5S/c1-19-10-12-20(13-11-19)25(31(27,28)23-7-4-3-5-8-23)24(26)9-6-18-30-22-16-14-21(29-2)15-17-22/h3-5,7-8,10-17H,6,9,18H2,1-2H3. The van der Waals surface area contributed by atoms with E-state index in [1.54, 1.807) is 73.8 Å². The first-order valence-corrected chi connectivity index (χ1v) is 11.3. The van der Waals surface area contributed by atoms with E-state index in [4.69, 9.17) is 9.47 Å². The molecule has 162 valence electrons. The van der Waals surface area contributed by atoms with Crippen molar-refractivity contribution in [3.63, 3.8) is 0 Å². The minimum atomic E-state index is -4.03. The first-order chi connectivity index (χ1) is 14.9. The molecule has 0 aromatic heterocycles. The third-order valence-corrected chi connectivity index (χ3v) is 6.40. The Morgan fingerprint density at radius 2 is 1.48 bits per heavy atom. The normalized spacial score (nSPS) is 11.0. The van der Waals surface area contributed by atoms with Crippen molar-refractivity contribution in [2.24, 2.45) is 0 Å². The van der Waals surface area contributed by atoms with Crippen molar-refractivity contribution >= 4 is 21.6 Å². The van der Waals surface area contributed by atoms with Gasteiger partial charge in [-0.15, -0.1) is 0 Å². The van der Waals surface area contributed by atoms with Gasteiger partial charge in [0.25, 0.3) is 10.0 Å². The topological polar surface area (TPSA) is 72.9 Å². The Hall–Kier alpha value is -3.32. The molecule has 3 aromatic rings. The molecule has 0 fully saturated rings. The van der Waals surface area contributed by atoms with E-state index in [0.29, 0.717) is 17.9 Å². The van der Waals surface area contributed by atoms with E-state index < -0.39 is 15.9 Å². The molecule has 31 heavy (non-hydrogen) atoms. The summed E-state index contributed by atoms with van der Waals surface area (Å²) in [5.74, 6) is 0.869. The minimum absolute atomic E-state index is 0.0239. The number of ether oxygens (including phenoxy) is 2. The van der Waals surface area contributed by atoms with Gasteiger partial charge in [0, 0.05) is 6.42 Å². The molecule has 0 saturated heterocycles. The number of benzene rings is 3. The lowest BCUT2D eigenvalue weighted by molar-refractivity contribution is -0.117. The maximum absolute atomic E-state index is 13.2. The maximum Gasteiger partial charge on any atom is 0.270 e. The Morgan fingerprint density at radius 3 is 2.10 bits per heavy atom. The molecular formula is C24H25NO5S. The lowest BCUT2D eigenvalue weighted by Gasteiger charge is -2.23. The number of amides is 1. The molecular weight excluding hydrogens is 414 g/mol. The predicted molar refractivity (Wildman–Crippen MR) is 120 cm³/mol. The third-order valence-electron chi connectivity index (χ3n) is 4.64. The molecule has 0 saturated carbocycles. The molecule has 6 nitrogen and oxygen atoms in total. The van der Waals surface area contributed by atoms with Gasteiger partial charge in [-0.05, 0) is 61.9 Å². The number of sulfonamides is 1. The first-order valence-electron chi connectivity index (χ1n) is 9.88. The van der Waals surface area contributed by atoms with Crippen LogP contribution in [0.4, 0.5) is 5.69 Å². The molecule has 3 aromatic carbocycles. The monoisotopic (exact) mass is 439 g/mol. The second-order valence-electron chi connectivity index (χ2n) is 6.94. The Labute approximate surface area is 183 Å². The van der Waals surface area contributed by atoms with Crippen LogP contribution in [-0.4, -0.2) is 28.0 Å². The van der Waals surface area contributed by atoms with Crippen molar-refractivity contribution in [1.82, 2.24) is 0 Å². The quantitative estimate of drug-likeness (QED) is 0.456. The van der Waals surface area contributed by atoms with Crippen LogP contribution in [0.2, 0.25) is 0 Å². The number of carbonyl (C=O) groups is 1. The van der Waals surface area contributed by atoms with Crippen molar-refractivity contribution in [2.75, 3.05) is 18.0 Å². The van der Waals surface area contributed by atoms with Gasteiger partial charge in [0.2, 0.25) is 5.91 Å². The molecule has 0 heterocycles. The van der Waals surface area contributed by atoms with E-state index in [1.807, 2.05) is 6.92 Å². The van der Waals surface area contributed by atoms with Gasteiger partial charge >= 0.3 is 0 Å². The molecule has 0 N–H and O–H groups in total. The fourth-order valence-electron chi connectivity index (χ4n) is 2.98. The van der Waals surface area contributed by atoms with Crippen LogP contribution < -0.4 is 13.8 Å². The lowest BCUT2D eigenvalue weighted by atomic mass is 10.2. The van der Waals surface area contributed by atoms with Gasteiger partial charge in [0.1, 0.15) is 11.5 Å². The zero-order valence-electron chi connectivity index (χ0n) is 17.5. The summed E-state index contributed by atoms with van der Waals surface area (Å²) in [4.78, 5) is 13.1. The van der Waals surface area contributed by atoms with E-state index in [-0.39, 0.29) is 17.9 Å². The molecule has 0 aliphatic heterocycles. The Kier molecular flexibility index (Phi) is 7.31. The van der Waals surface area contributed by atoms with Crippen LogP contribution in [0.5, 0.6) is 11.5 Å². The Morgan fingerprint density at radius 1 is 0.871 bits per heavy atom. The smallest absolute Gasteiger partial charge is 0.270 e. The molecule has 3 rings (SSSR count). The van der Waals surface area contributed by atoms with Gasteiger partial charge in [-0.2, -0.15) is 0 Å². The zero-order chi connectivity index (χ0) is 22.3. The molecule has 0 radical (unpaired) electrons. The molecule has 7 heteroatoms. The van der Waals surface area contributed by atoms with Gasteiger partial charge in [0.05, 0.1) is 24.3 Å². The number of carbonyl (C=O) groups excluding carboxylic acids is 1. The van der Waals surface area contributed by atoms with Crippen molar-refractivity contribution in [3.05, 3.63) is 84.4 Å². The molecule has 0 spiro atoms. The zero-order valence-corrected chi connectivity index (χ0v) is 18.3. The largest absolute Gasteiger partial charge is 0.497 e. The highest BCUT2D eigenvalue weighted by atomic mass is 32.2. The van der Waals surface area contributed by atoms with Crippen LogP contribution >= 0.6 is 0 Å². The number of rotatable bonds is 9. The highest BCUT2D eigenvalue weighted by Crippen LogP contribution is 2.25. The number of hydrogen-bond acceptors (Lipinski definition) is 5. The number of anilines is 1. The summed E-state index contributed by atoms with van der Waals surface area (Å²) >= 11 is 0. The van der Waals surface area contributed by atoms with E-state index in [9.17, 15) is 13.2 Å². The van der Waals surface area contributed by atoms with Crippen molar-refractivity contribution in [3.8, 4) is 11.5 Å². The summed E-state index contributed by atoms with van der Waals surface area (Å²) in [5.41, 5.74) is 1.29. The van der Waals surface area contributed by atoms with Gasteiger partial charge in [-0.1, -0.05) is 35.9 Å². The third kappa shape index (κ3) is 5.64. The fraction of sp³-hybridized carbons (Fsp3) is 0.208. The molecule has 1 amide bonds. The molecule has 0 aliphatic carbocycles. The summed E-state index contributed by atoms with van der Waals surface area (Å²) in [5, 5.41) is 0. The molecule has 0 bridgehead atoms. The van der Waals surface area contributed by atoms with Crippen LogP contribution in [0, 0.1) is 6.92 Å². The van der Waals surface area contributed by atoms with E-state index in [2.05, 4.69) is 0 Å². The Bertz CT molecular complexity index is 1090. The first kappa shape index (κ1) is 22.4. The van der Waals surface area contributed by atoms with Crippen LogP contribution in [0.25, 0.3) is 0 Å². The summed E-state index contributed by atoms with van der Waals surface area (Å²) in [6.07, 6.45) is 0.396. The molecule has 0 aliphatic rings. The average molecular weight is 440 g/mol. The van der Waals surface area contributed by atoms with E-state index in [0.717, 1.165) is 15.6 Å². The van der Waals surface area contributed by atoms with Crippen molar-refractivity contribution < 1.29 is 22.7 Å². The number of nitrogens with zero attached hydrogens (tertiary/aromatic N) is 1. The highest BCUT2D eigenvalue weighted by Gasteiger charge is 2.30. The van der Waals surface area contributed by atoms with Crippen LogP contribution in [-0.2, 0) is 14.8 Å². The summed E-state index contributed by atoms with van der Waals surface area (Å²) in [6, 6.07) is 21.9. The van der Waals surface area contributed by atoms with Gasteiger partial charge in [-0.25, -0.2) is 12.7 Å². The van der Waals surface area contributed by atoms with Crippen molar-refractivity contribution in [1.29, 1.82) is 0 Å². The highest BCUT2D eigenvalue weighted by molar-refractivity contribution is 7.93.